The molecule has 0 atom stereocenters. The van der Waals surface area contributed by atoms with Crippen LogP contribution in [-0.2, 0) is 12.1 Å². The summed E-state index contributed by atoms with van der Waals surface area (Å²) in [6.45, 7) is 10.1. The molecule has 0 bridgehead atoms. The van der Waals surface area contributed by atoms with Gasteiger partial charge in [0, 0.05) is 5.92 Å². The van der Waals surface area contributed by atoms with Crippen molar-refractivity contribution < 1.29 is 9.21 Å². The average Bonchev–Trinajstić information content (AvgIpc) is 3.29. The molecule has 3 aromatic rings. The summed E-state index contributed by atoms with van der Waals surface area (Å²) in [6, 6.07) is 0. The minimum Gasteiger partial charge on any atom is -0.448 e. The minimum atomic E-state index is -0.713. The van der Waals surface area contributed by atoms with Gasteiger partial charge in [-0.05, 0) is 26.3 Å². The van der Waals surface area contributed by atoms with Crippen molar-refractivity contribution in [2.45, 2.75) is 52.6 Å². The van der Waals surface area contributed by atoms with Gasteiger partial charge in [-0.15, -0.1) is 5.10 Å². The Bertz CT molecular complexity index is 904. The molecule has 138 valence electrons. The molecule has 3 rings (SSSR count). The molecule has 1 amide bonds. The molecule has 0 spiro atoms. The van der Waals surface area contributed by atoms with E-state index in [9.17, 15) is 4.79 Å². The minimum absolute atomic E-state index is 0.121. The van der Waals surface area contributed by atoms with E-state index in [-0.39, 0.29) is 17.5 Å². The quantitative estimate of drug-likeness (QED) is 0.698. The van der Waals surface area contributed by atoms with Crippen LogP contribution in [0, 0.1) is 6.92 Å². The molecule has 0 unspecified atom stereocenters. The van der Waals surface area contributed by atoms with Crippen molar-refractivity contribution in [1.82, 2.24) is 35.5 Å². The molecule has 0 aromatic carbocycles. The van der Waals surface area contributed by atoms with Gasteiger partial charge >= 0.3 is 0 Å². The Morgan fingerprint density at radius 2 is 2.19 bits per heavy atom. The van der Waals surface area contributed by atoms with Crippen molar-refractivity contribution in [2.75, 3.05) is 0 Å². The fraction of sp³-hybridized carbons (Fsp3) is 0.471. The van der Waals surface area contributed by atoms with Gasteiger partial charge in [0.1, 0.15) is 12.0 Å². The predicted molar refractivity (Wildman–Crippen MR) is 93.5 cm³/mol. The lowest BCUT2D eigenvalue weighted by Gasteiger charge is -2.22. The van der Waals surface area contributed by atoms with Crippen molar-refractivity contribution in [3.05, 3.63) is 47.2 Å². The number of aryl methyl sites for hydroxylation is 1. The Morgan fingerprint density at radius 3 is 2.81 bits per heavy atom. The highest BCUT2D eigenvalue weighted by molar-refractivity contribution is 5.92. The number of carbonyl (C=O) groups is 1. The normalized spacial score (nSPS) is 11.9. The SMILES string of the molecule is Cc1cn[nH]c1Cn1cc(C(C)(C)NC(=O)c2coc(C(C)C)n2)nn1. The summed E-state index contributed by atoms with van der Waals surface area (Å²) >= 11 is 0. The summed E-state index contributed by atoms with van der Waals surface area (Å²) in [4.78, 5) is 16.7. The number of rotatable bonds is 6. The third kappa shape index (κ3) is 3.66. The maximum Gasteiger partial charge on any atom is 0.273 e. The first-order valence-corrected chi connectivity index (χ1v) is 8.43. The monoisotopic (exact) mass is 357 g/mol. The molecule has 0 radical (unpaired) electrons. The van der Waals surface area contributed by atoms with Gasteiger partial charge in [-0.3, -0.25) is 9.89 Å². The van der Waals surface area contributed by atoms with Crippen molar-refractivity contribution in [3.63, 3.8) is 0 Å². The van der Waals surface area contributed by atoms with Crippen molar-refractivity contribution in [1.29, 1.82) is 0 Å². The number of carbonyl (C=O) groups excluding carboxylic acids is 1. The Hall–Kier alpha value is -2.97. The number of aromatic amines is 1. The zero-order valence-corrected chi connectivity index (χ0v) is 15.6. The maximum absolute atomic E-state index is 12.5. The van der Waals surface area contributed by atoms with E-state index in [0.717, 1.165) is 11.3 Å². The second-order valence-electron chi connectivity index (χ2n) is 7.14. The standard InChI is InChI=1S/C17H23N7O2/c1-10(2)16-19-13(9-26-16)15(25)20-17(4,5)14-8-24(23-22-14)7-12-11(3)6-18-21-12/h6,8-10H,7H2,1-5H3,(H,18,21)(H,20,25). The van der Waals surface area contributed by atoms with Crippen LogP contribution in [0.2, 0.25) is 0 Å². The van der Waals surface area contributed by atoms with Gasteiger partial charge in [0.25, 0.3) is 5.91 Å². The summed E-state index contributed by atoms with van der Waals surface area (Å²) in [6.07, 6.45) is 4.95. The molecule has 3 aromatic heterocycles. The largest absolute Gasteiger partial charge is 0.448 e. The average molecular weight is 357 g/mol. The Kier molecular flexibility index (Phi) is 4.62. The molecule has 2 N–H and O–H groups in total. The highest BCUT2D eigenvalue weighted by Crippen LogP contribution is 2.19. The third-order valence-corrected chi connectivity index (χ3v) is 4.11. The highest BCUT2D eigenvalue weighted by atomic mass is 16.3. The van der Waals surface area contributed by atoms with E-state index in [4.69, 9.17) is 4.42 Å². The van der Waals surface area contributed by atoms with E-state index in [2.05, 4.69) is 30.8 Å². The summed E-state index contributed by atoms with van der Waals surface area (Å²) in [5.74, 6) is 0.342. The number of hydrogen-bond donors (Lipinski definition) is 2. The fourth-order valence-corrected chi connectivity index (χ4v) is 2.43. The van der Waals surface area contributed by atoms with E-state index >= 15 is 0 Å². The number of nitrogens with zero attached hydrogens (tertiary/aromatic N) is 5. The zero-order chi connectivity index (χ0) is 18.9. The Morgan fingerprint density at radius 1 is 1.42 bits per heavy atom. The van der Waals surface area contributed by atoms with Gasteiger partial charge < -0.3 is 9.73 Å². The van der Waals surface area contributed by atoms with E-state index in [1.54, 1.807) is 10.9 Å². The summed E-state index contributed by atoms with van der Waals surface area (Å²) in [7, 11) is 0. The predicted octanol–water partition coefficient (Wildman–Crippen LogP) is 2.13. The molecule has 0 fully saturated rings. The van der Waals surface area contributed by atoms with Crippen LogP contribution in [0.25, 0.3) is 0 Å². The third-order valence-electron chi connectivity index (χ3n) is 4.11. The molecule has 0 aliphatic carbocycles. The Labute approximate surface area is 151 Å². The van der Waals surface area contributed by atoms with Crippen LogP contribution in [0.15, 0.2) is 23.1 Å². The molecule has 9 heteroatoms. The summed E-state index contributed by atoms with van der Waals surface area (Å²) in [5, 5.41) is 18.2. The Balaban J connectivity index is 1.71. The van der Waals surface area contributed by atoms with Crippen LogP contribution in [0.1, 0.15) is 66.9 Å². The molecular formula is C17H23N7O2. The van der Waals surface area contributed by atoms with Gasteiger partial charge in [-0.1, -0.05) is 19.1 Å². The number of aromatic nitrogens is 6. The molecule has 3 heterocycles. The first-order chi connectivity index (χ1) is 12.3. The number of amides is 1. The van der Waals surface area contributed by atoms with E-state index in [0.29, 0.717) is 18.1 Å². The van der Waals surface area contributed by atoms with Crippen LogP contribution >= 0.6 is 0 Å². The van der Waals surface area contributed by atoms with E-state index < -0.39 is 5.54 Å². The van der Waals surface area contributed by atoms with Crippen LogP contribution in [-0.4, -0.2) is 36.1 Å². The fourth-order valence-electron chi connectivity index (χ4n) is 2.43. The molecule has 0 aliphatic heterocycles. The van der Waals surface area contributed by atoms with Crippen molar-refractivity contribution >= 4 is 5.91 Å². The maximum atomic E-state index is 12.5. The molecule has 9 nitrogen and oxygen atoms in total. The van der Waals surface area contributed by atoms with Gasteiger partial charge in [0.15, 0.2) is 11.6 Å². The second-order valence-corrected chi connectivity index (χ2v) is 7.14. The first-order valence-electron chi connectivity index (χ1n) is 8.43. The molecule has 26 heavy (non-hydrogen) atoms. The number of H-pyrrole nitrogens is 1. The number of oxazole rings is 1. The zero-order valence-electron chi connectivity index (χ0n) is 15.6. The molecule has 0 saturated carbocycles. The summed E-state index contributed by atoms with van der Waals surface area (Å²) in [5.41, 5.74) is 2.21. The van der Waals surface area contributed by atoms with Gasteiger partial charge in [0.2, 0.25) is 0 Å². The van der Waals surface area contributed by atoms with Crippen molar-refractivity contribution in [2.24, 2.45) is 0 Å². The highest BCUT2D eigenvalue weighted by Gasteiger charge is 2.28. The molecular weight excluding hydrogens is 334 g/mol. The van der Waals surface area contributed by atoms with Gasteiger partial charge in [-0.2, -0.15) is 5.10 Å². The van der Waals surface area contributed by atoms with Crippen LogP contribution in [0.4, 0.5) is 0 Å². The lowest BCUT2D eigenvalue weighted by atomic mass is 10.0. The number of nitrogens with one attached hydrogen (secondary N) is 2. The number of hydrogen-bond acceptors (Lipinski definition) is 6. The molecule has 0 aliphatic rings. The van der Waals surface area contributed by atoms with Crippen LogP contribution in [0.3, 0.4) is 0 Å². The summed E-state index contributed by atoms with van der Waals surface area (Å²) < 4.78 is 7.03. The van der Waals surface area contributed by atoms with E-state index in [1.807, 2.05) is 40.8 Å². The smallest absolute Gasteiger partial charge is 0.273 e. The lowest BCUT2D eigenvalue weighted by molar-refractivity contribution is 0.0905. The van der Waals surface area contributed by atoms with E-state index in [1.165, 1.54) is 6.26 Å². The van der Waals surface area contributed by atoms with Crippen molar-refractivity contribution in [3.8, 4) is 0 Å². The topological polar surface area (TPSA) is 115 Å². The lowest BCUT2D eigenvalue weighted by Crippen LogP contribution is -2.41. The molecule has 0 saturated heterocycles. The second kappa shape index (κ2) is 6.74. The van der Waals surface area contributed by atoms with Crippen LogP contribution < -0.4 is 5.32 Å². The van der Waals surface area contributed by atoms with Gasteiger partial charge in [0.05, 0.1) is 30.2 Å². The van der Waals surface area contributed by atoms with Gasteiger partial charge in [-0.25, -0.2) is 9.67 Å². The first kappa shape index (κ1) is 17.8. The van der Waals surface area contributed by atoms with Crippen LogP contribution in [0.5, 0.6) is 0 Å².